The van der Waals surface area contributed by atoms with Gasteiger partial charge in [0.25, 0.3) is 5.91 Å². The minimum absolute atomic E-state index is 0.234. The van der Waals surface area contributed by atoms with Crippen molar-refractivity contribution < 1.29 is 4.79 Å². The van der Waals surface area contributed by atoms with Gasteiger partial charge in [-0.1, -0.05) is 55.5 Å². The highest BCUT2D eigenvalue weighted by atomic mass is 16.2. The van der Waals surface area contributed by atoms with E-state index in [2.05, 4.69) is 55.5 Å². The van der Waals surface area contributed by atoms with E-state index in [0.717, 1.165) is 43.5 Å². The summed E-state index contributed by atoms with van der Waals surface area (Å²) in [4.78, 5) is 14.9. The third-order valence-corrected chi connectivity index (χ3v) is 5.45. The molecule has 0 aromatic heterocycles. The average Bonchev–Trinajstić information content (AvgIpc) is 2.98. The summed E-state index contributed by atoms with van der Waals surface area (Å²) >= 11 is 0. The molecule has 0 N–H and O–H groups in total. The Hall–Kier alpha value is -2.35. The summed E-state index contributed by atoms with van der Waals surface area (Å²) in [5.74, 6) is 0.788. The summed E-state index contributed by atoms with van der Waals surface area (Å²) < 4.78 is 0. The molecule has 1 aliphatic heterocycles. The Bertz CT molecular complexity index is 791. The number of anilines is 1. The van der Waals surface area contributed by atoms with Crippen LogP contribution in [-0.4, -0.2) is 12.5 Å². The maximum Gasteiger partial charge on any atom is 0.254 e. The summed E-state index contributed by atoms with van der Waals surface area (Å²) in [6, 6.07) is 19.0. The molecule has 1 heterocycles. The van der Waals surface area contributed by atoms with Crippen LogP contribution in [0, 0.1) is 0 Å². The molecule has 2 heteroatoms. The van der Waals surface area contributed by atoms with Crippen molar-refractivity contribution in [3.05, 3.63) is 76.9 Å². The van der Waals surface area contributed by atoms with E-state index in [4.69, 9.17) is 0 Å². The van der Waals surface area contributed by atoms with Crippen LogP contribution in [0.25, 0.3) is 0 Å². The minimum Gasteiger partial charge on any atom is -0.304 e. The molecule has 2 nitrogen and oxygen atoms in total. The zero-order chi connectivity index (χ0) is 16.5. The van der Waals surface area contributed by atoms with Crippen LogP contribution < -0.4 is 4.90 Å². The van der Waals surface area contributed by atoms with Gasteiger partial charge >= 0.3 is 0 Å². The lowest BCUT2D eigenvalue weighted by Gasteiger charge is -2.23. The van der Waals surface area contributed by atoms with Crippen molar-refractivity contribution in [2.24, 2.45) is 0 Å². The number of nitrogens with zero attached hydrogens (tertiary/aromatic N) is 1. The Kier molecular flexibility index (Phi) is 3.97. The number of carbonyl (C=O) groups excluding carboxylic acids is 1. The molecule has 0 saturated heterocycles. The molecule has 4 rings (SSSR count). The summed E-state index contributed by atoms with van der Waals surface area (Å²) in [6.45, 7) is 2.92. The van der Waals surface area contributed by atoms with E-state index >= 15 is 0 Å². The topological polar surface area (TPSA) is 20.3 Å². The Balaban J connectivity index is 1.59. The molecule has 2 aromatic rings. The van der Waals surface area contributed by atoms with Crippen LogP contribution in [0.1, 0.15) is 43.2 Å². The molecular formula is C22H23NO. The van der Waals surface area contributed by atoms with E-state index in [1.54, 1.807) is 0 Å². The van der Waals surface area contributed by atoms with Crippen LogP contribution in [0.5, 0.6) is 0 Å². The van der Waals surface area contributed by atoms with Gasteiger partial charge in [0, 0.05) is 17.8 Å². The van der Waals surface area contributed by atoms with E-state index in [0.29, 0.717) is 5.92 Å². The first kappa shape index (κ1) is 15.2. The lowest BCUT2D eigenvalue weighted by atomic mass is 9.81. The monoisotopic (exact) mass is 317 g/mol. The molecule has 1 unspecified atom stereocenters. The van der Waals surface area contributed by atoms with Gasteiger partial charge in [-0.2, -0.15) is 0 Å². The lowest BCUT2D eigenvalue weighted by Crippen LogP contribution is -2.27. The van der Waals surface area contributed by atoms with Crippen LogP contribution in [0.4, 0.5) is 5.69 Å². The number of carbonyl (C=O) groups is 1. The minimum atomic E-state index is 0.234. The van der Waals surface area contributed by atoms with E-state index in [9.17, 15) is 4.79 Å². The standard InChI is InChI=1S/C22H23NO/c1-2-16-8-6-7-11-21(16)23-15-19-14-18(12-13-20(19)22(23)24)17-9-4-3-5-10-17/h3-11,18H,2,12-15H2,1H3. The number of aryl methyl sites for hydroxylation is 1. The van der Waals surface area contributed by atoms with Gasteiger partial charge in [-0.25, -0.2) is 0 Å². The summed E-state index contributed by atoms with van der Waals surface area (Å²) in [7, 11) is 0. The zero-order valence-electron chi connectivity index (χ0n) is 14.2. The molecule has 0 saturated carbocycles. The van der Waals surface area contributed by atoms with Gasteiger partial charge < -0.3 is 4.90 Å². The summed E-state index contributed by atoms with van der Waals surface area (Å²) in [6.07, 6.45) is 3.98. The van der Waals surface area contributed by atoms with Crippen LogP contribution in [-0.2, 0) is 11.2 Å². The van der Waals surface area contributed by atoms with Crippen molar-refractivity contribution in [3.63, 3.8) is 0 Å². The molecule has 2 aromatic carbocycles. The fourth-order valence-corrected chi connectivity index (χ4v) is 4.14. The van der Waals surface area contributed by atoms with Crippen molar-refractivity contribution in [2.75, 3.05) is 11.4 Å². The normalized spacial score (nSPS) is 20.5. The Labute approximate surface area is 143 Å². The van der Waals surface area contributed by atoms with Crippen LogP contribution in [0.2, 0.25) is 0 Å². The highest BCUT2D eigenvalue weighted by Gasteiger charge is 2.35. The quantitative estimate of drug-likeness (QED) is 0.791. The van der Waals surface area contributed by atoms with Gasteiger partial charge in [0.2, 0.25) is 0 Å². The van der Waals surface area contributed by atoms with Gasteiger partial charge in [0.1, 0.15) is 0 Å². The summed E-state index contributed by atoms with van der Waals surface area (Å²) in [5, 5.41) is 0. The van der Waals surface area contributed by atoms with Crippen LogP contribution in [0.3, 0.4) is 0 Å². The maximum atomic E-state index is 12.9. The molecule has 2 aliphatic rings. The van der Waals surface area contributed by atoms with Gasteiger partial charge in [0.15, 0.2) is 0 Å². The molecule has 0 bridgehead atoms. The van der Waals surface area contributed by atoms with Crippen molar-refractivity contribution in [1.82, 2.24) is 0 Å². The van der Waals surface area contributed by atoms with E-state index in [-0.39, 0.29) is 5.91 Å². The predicted octanol–water partition coefficient (Wildman–Crippen LogP) is 4.86. The number of benzene rings is 2. The van der Waals surface area contributed by atoms with Crippen molar-refractivity contribution in [2.45, 2.75) is 38.5 Å². The van der Waals surface area contributed by atoms with Crippen molar-refractivity contribution in [1.29, 1.82) is 0 Å². The smallest absolute Gasteiger partial charge is 0.254 e. The molecule has 1 atom stereocenters. The molecule has 122 valence electrons. The summed E-state index contributed by atoms with van der Waals surface area (Å²) in [5.41, 5.74) is 6.18. The van der Waals surface area contributed by atoms with Gasteiger partial charge in [0.05, 0.1) is 0 Å². The fraction of sp³-hybridized carbons (Fsp3) is 0.318. The van der Waals surface area contributed by atoms with E-state index in [1.165, 1.54) is 16.7 Å². The largest absolute Gasteiger partial charge is 0.304 e. The first-order chi connectivity index (χ1) is 11.8. The Morgan fingerprint density at radius 2 is 1.79 bits per heavy atom. The van der Waals surface area contributed by atoms with Crippen LogP contribution >= 0.6 is 0 Å². The first-order valence-electron chi connectivity index (χ1n) is 8.93. The molecule has 0 spiro atoms. The number of amides is 1. The van der Waals surface area contributed by atoms with Crippen molar-refractivity contribution in [3.8, 4) is 0 Å². The second-order valence-corrected chi connectivity index (χ2v) is 6.81. The highest BCUT2D eigenvalue weighted by Crippen LogP contribution is 2.41. The number of para-hydroxylation sites is 1. The second-order valence-electron chi connectivity index (χ2n) is 6.81. The number of hydrogen-bond donors (Lipinski definition) is 0. The predicted molar refractivity (Wildman–Crippen MR) is 98.2 cm³/mol. The van der Waals surface area contributed by atoms with Gasteiger partial charge in [-0.3, -0.25) is 4.79 Å². The van der Waals surface area contributed by atoms with E-state index in [1.807, 2.05) is 11.0 Å². The zero-order valence-corrected chi connectivity index (χ0v) is 14.2. The Morgan fingerprint density at radius 1 is 1.04 bits per heavy atom. The number of hydrogen-bond acceptors (Lipinski definition) is 1. The first-order valence-corrected chi connectivity index (χ1v) is 8.93. The molecule has 0 fully saturated rings. The molecular weight excluding hydrogens is 294 g/mol. The SMILES string of the molecule is CCc1ccccc1N1CC2=C(CCC(c3ccccc3)C2)C1=O. The molecule has 1 amide bonds. The number of rotatable bonds is 3. The molecule has 0 radical (unpaired) electrons. The van der Waals surface area contributed by atoms with Crippen LogP contribution in [0.15, 0.2) is 65.7 Å². The Morgan fingerprint density at radius 3 is 2.58 bits per heavy atom. The highest BCUT2D eigenvalue weighted by molar-refractivity contribution is 6.09. The molecule has 24 heavy (non-hydrogen) atoms. The average molecular weight is 317 g/mol. The fourth-order valence-electron chi connectivity index (χ4n) is 4.14. The second kappa shape index (κ2) is 6.27. The third kappa shape index (κ3) is 2.56. The maximum absolute atomic E-state index is 12.9. The van der Waals surface area contributed by atoms with Gasteiger partial charge in [-0.05, 0) is 54.4 Å². The third-order valence-electron chi connectivity index (χ3n) is 5.45. The lowest BCUT2D eigenvalue weighted by molar-refractivity contribution is -0.114. The molecule has 1 aliphatic carbocycles. The van der Waals surface area contributed by atoms with Crippen molar-refractivity contribution >= 4 is 11.6 Å². The van der Waals surface area contributed by atoms with E-state index < -0.39 is 0 Å². The van der Waals surface area contributed by atoms with Gasteiger partial charge in [-0.15, -0.1) is 0 Å².